The monoisotopic (exact) mass is 259 g/mol. The SMILES string of the molecule is C[n+]1ccccc1S(C)(=O)=O.F[B-](F)(F)F. The molecular weight excluding hydrogens is 249 g/mol. The van der Waals surface area contributed by atoms with Gasteiger partial charge in [0.25, 0.3) is 5.03 Å². The average Bonchev–Trinajstić information content (AvgIpc) is 1.99. The van der Waals surface area contributed by atoms with Gasteiger partial charge < -0.3 is 17.3 Å². The first-order valence-electron chi connectivity index (χ1n) is 4.04. The van der Waals surface area contributed by atoms with E-state index in [1.165, 1.54) is 6.26 Å². The Kier molecular flexibility index (Phi) is 4.92. The van der Waals surface area contributed by atoms with Crippen LogP contribution in [-0.4, -0.2) is 21.9 Å². The van der Waals surface area contributed by atoms with Gasteiger partial charge in [0.15, 0.2) is 6.20 Å². The van der Waals surface area contributed by atoms with E-state index in [0.717, 1.165) is 0 Å². The number of aromatic nitrogens is 1. The lowest BCUT2D eigenvalue weighted by Crippen LogP contribution is -2.34. The van der Waals surface area contributed by atoms with Crippen LogP contribution in [0.15, 0.2) is 29.4 Å². The maximum atomic E-state index is 11.0. The Morgan fingerprint density at radius 1 is 1.19 bits per heavy atom. The number of pyridine rings is 1. The van der Waals surface area contributed by atoms with Crippen LogP contribution in [0.2, 0.25) is 0 Å². The number of halogens is 4. The largest absolute Gasteiger partial charge is 0.673 e. The highest BCUT2D eigenvalue weighted by Gasteiger charge is 2.20. The van der Waals surface area contributed by atoms with Crippen molar-refractivity contribution < 1.29 is 30.2 Å². The molecule has 1 aromatic rings. The van der Waals surface area contributed by atoms with E-state index in [0.29, 0.717) is 5.03 Å². The third-order valence-electron chi connectivity index (χ3n) is 1.39. The molecule has 0 aliphatic rings. The zero-order valence-electron chi connectivity index (χ0n) is 8.57. The van der Waals surface area contributed by atoms with Gasteiger partial charge in [-0.05, 0) is 6.07 Å². The van der Waals surface area contributed by atoms with E-state index in [-0.39, 0.29) is 0 Å². The number of sulfone groups is 1. The maximum absolute atomic E-state index is 11.0. The lowest BCUT2D eigenvalue weighted by Gasteiger charge is -1.94. The Balaban J connectivity index is 0.000000385. The van der Waals surface area contributed by atoms with Crippen molar-refractivity contribution in [2.24, 2.45) is 7.05 Å². The lowest BCUT2D eigenvalue weighted by atomic mass is 10.3. The van der Waals surface area contributed by atoms with E-state index >= 15 is 0 Å². The van der Waals surface area contributed by atoms with Crippen molar-refractivity contribution in [3.8, 4) is 0 Å². The van der Waals surface area contributed by atoms with Crippen molar-refractivity contribution in [3.05, 3.63) is 24.4 Å². The van der Waals surface area contributed by atoms with Crippen molar-refractivity contribution >= 4 is 17.1 Å². The Morgan fingerprint density at radius 3 is 1.88 bits per heavy atom. The molecule has 0 aromatic carbocycles. The molecule has 3 nitrogen and oxygen atoms in total. The number of nitrogens with zero attached hydrogens (tertiary/aromatic N) is 1. The molecule has 16 heavy (non-hydrogen) atoms. The number of hydrogen-bond acceptors (Lipinski definition) is 2. The minimum atomic E-state index is -6.00. The first-order chi connectivity index (χ1) is 7.02. The van der Waals surface area contributed by atoms with E-state index in [1.54, 1.807) is 36.0 Å². The van der Waals surface area contributed by atoms with Gasteiger partial charge in [0.05, 0.1) is 0 Å². The van der Waals surface area contributed by atoms with Gasteiger partial charge in [0.1, 0.15) is 7.05 Å². The molecule has 9 heteroatoms. The molecule has 0 bridgehead atoms. The summed E-state index contributed by atoms with van der Waals surface area (Å²) in [5, 5.41) is 0.333. The van der Waals surface area contributed by atoms with Crippen LogP contribution in [0.1, 0.15) is 0 Å². The summed E-state index contributed by atoms with van der Waals surface area (Å²) in [6.45, 7) is 0. The van der Waals surface area contributed by atoms with Crippen molar-refractivity contribution in [2.45, 2.75) is 5.03 Å². The molecular formula is C7H10BF4NO2S. The molecule has 0 saturated carbocycles. The summed E-state index contributed by atoms with van der Waals surface area (Å²) in [5.41, 5.74) is 0. The van der Waals surface area contributed by atoms with Gasteiger partial charge in [-0.2, -0.15) is 4.57 Å². The van der Waals surface area contributed by atoms with Gasteiger partial charge in [-0.3, -0.25) is 0 Å². The Morgan fingerprint density at radius 2 is 1.62 bits per heavy atom. The van der Waals surface area contributed by atoms with Crippen LogP contribution >= 0.6 is 0 Å². The molecule has 0 N–H and O–H groups in total. The fourth-order valence-electron chi connectivity index (χ4n) is 0.893. The third-order valence-corrected chi connectivity index (χ3v) is 2.57. The van der Waals surface area contributed by atoms with Gasteiger partial charge in [0, 0.05) is 18.4 Å². The highest BCUT2D eigenvalue weighted by molar-refractivity contribution is 7.90. The maximum Gasteiger partial charge on any atom is 0.673 e. The summed E-state index contributed by atoms with van der Waals surface area (Å²) in [5.74, 6) is 0. The molecule has 92 valence electrons. The number of hydrogen-bond donors (Lipinski definition) is 0. The van der Waals surface area contributed by atoms with E-state index in [2.05, 4.69) is 0 Å². The second-order valence-corrected chi connectivity index (χ2v) is 4.88. The zero-order valence-corrected chi connectivity index (χ0v) is 9.39. The molecule has 0 saturated heterocycles. The fraction of sp³-hybridized carbons (Fsp3) is 0.286. The van der Waals surface area contributed by atoms with Crippen molar-refractivity contribution in [2.75, 3.05) is 6.26 Å². The molecule has 0 fully saturated rings. The topological polar surface area (TPSA) is 38.0 Å². The minimum Gasteiger partial charge on any atom is -0.418 e. The smallest absolute Gasteiger partial charge is 0.418 e. The van der Waals surface area contributed by atoms with Crippen molar-refractivity contribution in [3.63, 3.8) is 0 Å². The summed E-state index contributed by atoms with van der Waals surface area (Å²) in [6.07, 6.45) is 2.90. The molecule has 0 unspecified atom stereocenters. The molecule has 0 aliphatic carbocycles. The van der Waals surface area contributed by atoms with E-state index in [4.69, 9.17) is 0 Å². The van der Waals surface area contributed by atoms with E-state index in [1.807, 2.05) is 0 Å². The first kappa shape index (κ1) is 14.9. The summed E-state index contributed by atoms with van der Waals surface area (Å²) < 4.78 is 62.6. The molecule has 0 spiro atoms. The molecule has 1 rings (SSSR count). The van der Waals surface area contributed by atoms with Crippen LogP contribution in [0.3, 0.4) is 0 Å². The van der Waals surface area contributed by atoms with Crippen LogP contribution in [0.5, 0.6) is 0 Å². The normalized spacial score (nSPS) is 11.6. The third kappa shape index (κ3) is 7.21. The van der Waals surface area contributed by atoms with Crippen molar-refractivity contribution in [1.82, 2.24) is 0 Å². The lowest BCUT2D eigenvalue weighted by molar-refractivity contribution is -0.709. The van der Waals surface area contributed by atoms with Crippen LogP contribution in [0, 0.1) is 0 Å². The number of rotatable bonds is 1. The second kappa shape index (κ2) is 5.28. The Labute approximate surface area is 90.7 Å². The molecule has 1 aromatic heterocycles. The highest BCUT2D eigenvalue weighted by atomic mass is 32.2. The fourth-order valence-corrected chi connectivity index (χ4v) is 1.80. The van der Waals surface area contributed by atoms with Gasteiger partial charge in [0.2, 0.25) is 9.84 Å². The quantitative estimate of drug-likeness (QED) is 0.432. The molecule has 0 radical (unpaired) electrons. The summed E-state index contributed by atoms with van der Waals surface area (Å²) in [6, 6.07) is 5.07. The Bertz CT molecular complexity index is 440. The van der Waals surface area contributed by atoms with Gasteiger partial charge in [-0.15, -0.1) is 0 Å². The predicted molar refractivity (Wildman–Crippen MR) is 50.9 cm³/mol. The zero-order chi connectivity index (χ0) is 13.0. The van der Waals surface area contributed by atoms with Gasteiger partial charge >= 0.3 is 7.25 Å². The van der Waals surface area contributed by atoms with Gasteiger partial charge in [-0.25, -0.2) is 8.42 Å². The van der Waals surface area contributed by atoms with E-state index in [9.17, 15) is 25.7 Å². The summed E-state index contributed by atoms with van der Waals surface area (Å²) >= 11 is 0. The second-order valence-electron chi connectivity index (χ2n) is 2.92. The van der Waals surface area contributed by atoms with Crippen LogP contribution < -0.4 is 4.57 Å². The Hall–Kier alpha value is -1.12. The molecule has 1 heterocycles. The average molecular weight is 259 g/mol. The predicted octanol–water partition coefficient (Wildman–Crippen LogP) is 1.21. The molecule has 0 aliphatic heterocycles. The van der Waals surface area contributed by atoms with E-state index < -0.39 is 17.1 Å². The minimum absolute atomic E-state index is 0.333. The van der Waals surface area contributed by atoms with Crippen LogP contribution in [0.25, 0.3) is 0 Å². The molecule has 0 atom stereocenters. The summed E-state index contributed by atoms with van der Waals surface area (Å²) in [4.78, 5) is 0. The highest BCUT2D eigenvalue weighted by Crippen LogP contribution is 2.06. The summed E-state index contributed by atoms with van der Waals surface area (Å²) in [7, 11) is -7.37. The van der Waals surface area contributed by atoms with Crippen LogP contribution in [-0.2, 0) is 16.9 Å². The standard InChI is InChI=1S/C7H10NO2S.BF4/c1-8-6-4-3-5-7(8)11(2,9)10;2-1(3,4)5/h3-6H,1-2H3;/q+1;-1. The molecule has 0 amide bonds. The van der Waals surface area contributed by atoms with Gasteiger partial charge in [-0.1, -0.05) is 0 Å². The van der Waals surface area contributed by atoms with Crippen LogP contribution in [0.4, 0.5) is 17.3 Å². The number of aryl methyl sites for hydroxylation is 1. The first-order valence-corrected chi connectivity index (χ1v) is 5.93. The van der Waals surface area contributed by atoms with Crippen molar-refractivity contribution in [1.29, 1.82) is 0 Å².